The molecule has 124 valence electrons. The van der Waals surface area contributed by atoms with Gasteiger partial charge in [-0.15, -0.1) is 0 Å². The molecule has 0 fully saturated rings. The Hall–Kier alpha value is -3.48. The first-order valence-corrected chi connectivity index (χ1v) is 7.52. The molecule has 3 aromatic heterocycles. The number of hydrogen-bond donors (Lipinski definition) is 2. The Kier molecular flexibility index (Phi) is 3.53. The predicted octanol–water partition coefficient (Wildman–Crippen LogP) is 3.13. The van der Waals surface area contributed by atoms with Crippen LogP contribution in [0, 0.1) is 5.82 Å². The topological polar surface area (TPSA) is 83.7 Å². The van der Waals surface area contributed by atoms with Gasteiger partial charge in [0.15, 0.2) is 11.6 Å². The highest BCUT2D eigenvalue weighted by molar-refractivity contribution is 5.82. The van der Waals surface area contributed by atoms with Crippen molar-refractivity contribution in [2.24, 2.45) is 0 Å². The number of aromatic amines is 2. The summed E-state index contributed by atoms with van der Waals surface area (Å²) in [5, 5.41) is 0.478. The monoisotopic (exact) mass is 336 g/mol. The second-order valence-corrected chi connectivity index (χ2v) is 5.46. The smallest absolute Gasteiger partial charge is 0.260 e. The van der Waals surface area contributed by atoms with E-state index in [9.17, 15) is 9.18 Å². The van der Waals surface area contributed by atoms with Crippen molar-refractivity contribution in [2.75, 3.05) is 7.11 Å². The van der Waals surface area contributed by atoms with E-state index in [1.807, 2.05) is 12.1 Å². The fourth-order valence-electron chi connectivity index (χ4n) is 2.69. The zero-order chi connectivity index (χ0) is 17.4. The zero-order valence-corrected chi connectivity index (χ0v) is 13.2. The minimum atomic E-state index is -0.450. The van der Waals surface area contributed by atoms with Gasteiger partial charge in [0.05, 0.1) is 24.5 Å². The molecular formula is C18H13FN4O2. The van der Waals surface area contributed by atoms with Gasteiger partial charge in [0.25, 0.3) is 5.56 Å². The van der Waals surface area contributed by atoms with E-state index in [-0.39, 0.29) is 11.3 Å². The van der Waals surface area contributed by atoms with Gasteiger partial charge in [-0.3, -0.25) is 9.78 Å². The van der Waals surface area contributed by atoms with Crippen LogP contribution in [0.15, 0.2) is 53.7 Å². The number of halogens is 1. The van der Waals surface area contributed by atoms with Crippen molar-refractivity contribution in [1.29, 1.82) is 0 Å². The van der Waals surface area contributed by atoms with Crippen molar-refractivity contribution in [3.05, 3.63) is 65.1 Å². The summed E-state index contributed by atoms with van der Waals surface area (Å²) in [6, 6.07) is 10.0. The number of fused-ring (bicyclic) bond motifs is 1. The van der Waals surface area contributed by atoms with Gasteiger partial charge < -0.3 is 14.7 Å². The summed E-state index contributed by atoms with van der Waals surface area (Å²) in [4.78, 5) is 25.9. The number of aromatic nitrogens is 4. The number of ether oxygens (including phenoxy) is 1. The predicted molar refractivity (Wildman–Crippen MR) is 91.9 cm³/mol. The molecule has 3 heterocycles. The van der Waals surface area contributed by atoms with E-state index in [2.05, 4.69) is 19.9 Å². The van der Waals surface area contributed by atoms with Crippen molar-refractivity contribution in [3.8, 4) is 28.3 Å². The van der Waals surface area contributed by atoms with Crippen molar-refractivity contribution in [1.82, 2.24) is 19.9 Å². The Balaban J connectivity index is 1.79. The van der Waals surface area contributed by atoms with Crippen molar-refractivity contribution >= 4 is 11.0 Å². The van der Waals surface area contributed by atoms with Gasteiger partial charge in [0.1, 0.15) is 5.65 Å². The van der Waals surface area contributed by atoms with E-state index in [4.69, 9.17) is 4.74 Å². The average molecular weight is 336 g/mol. The van der Waals surface area contributed by atoms with Gasteiger partial charge in [-0.1, -0.05) is 0 Å². The number of hydrogen-bond acceptors (Lipinski definition) is 4. The first-order valence-electron chi connectivity index (χ1n) is 7.52. The second-order valence-electron chi connectivity index (χ2n) is 5.46. The molecule has 4 aromatic rings. The van der Waals surface area contributed by atoms with E-state index in [0.717, 1.165) is 11.3 Å². The Morgan fingerprint density at radius 2 is 1.96 bits per heavy atom. The highest BCUT2D eigenvalue weighted by Crippen LogP contribution is 2.28. The molecular weight excluding hydrogens is 323 g/mol. The van der Waals surface area contributed by atoms with Crippen LogP contribution in [0.25, 0.3) is 33.5 Å². The van der Waals surface area contributed by atoms with Crippen LogP contribution in [-0.4, -0.2) is 27.0 Å². The van der Waals surface area contributed by atoms with Crippen molar-refractivity contribution in [2.45, 2.75) is 0 Å². The molecule has 7 heteroatoms. The third-order valence-electron chi connectivity index (χ3n) is 3.95. The molecule has 0 aliphatic rings. The Morgan fingerprint density at radius 3 is 2.72 bits per heavy atom. The van der Waals surface area contributed by atoms with Gasteiger partial charge in [0.2, 0.25) is 0 Å². The van der Waals surface area contributed by atoms with Crippen LogP contribution in [0.1, 0.15) is 0 Å². The van der Waals surface area contributed by atoms with Gasteiger partial charge in [-0.2, -0.15) is 0 Å². The van der Waals surface area contributed by atoms with Crippen molar-refractivity contribution in [3.63, 3.8) is 0 Å². The minimum Gasteiger partial charge on any atom is -0.494 e. The number of methoxy groups -OCH3 is 1. The SMILES string of the molecule is COc1ccc(-c2cc(-c3cc4c(=O)[nH]cnc4[nH]3)ccn2)cc1F. The van der Waals surface area contributed by atoms with Crippen LogP contribution in [0.4, 0.5) is 4.39 Å². The maximum atomic E-state index is 13.9. The molecule has 0 amide bonds. The molecule has 1 aromatic carbocycles. The number of rotatable bonds is 3. The van der Waals surface area contributed by atoms with Crippen LogP contribution >= 0.6 is 0 Å². The highest BCUT2D eigenvalue weighted by atomic mass is 19.1. The molecule has 0 spiro atoms. The van der Waals surface area contributed by atoms with E-state index in [1.165, 1.54) is 19.5 Å². The van der Waals surface area contributed by atoms with Gasteiger partial charge in [-0.05, 0) is 36.4 Å². The molecule has 4 rings (SSSR count). The third-order valence-corrected chi connectivity index (χ3v) is 3.95. The van der Waals surface area contributed by atoms with Crippen LogP contribution < -0.4 is 10.3 Å². The summed E-state index contributed by atoms with van der Waals surface area (Å²) in [5.74, 6) is -0.269. The number of nitrogens with one attached hydrogen (secondary N) is 2. The lowest BCUT2D eigenvalue weighted by Crippen LogP contribution is -2.04. The number of benzene rings is 1. The third kappa shape index (κ3) is 2.65. The summed E-state index contributed by atoms with van der Waals surface area (Å²) in [5.41, 5.74) is 3.09. The summed E-state index contributed by atoms with van der Waals surface area (Å²) >= 11 is 0. The molecule has 25 heavy (non-hydrogen) atoms. The molecule has 2 N–H and O–H groups in total. The van der Waals surface area contributed by atoms with E-state index >= 15 is 0 Å². The molecule has 0 bridgehead atoms. The van der Waals surface area contributed by atoms with Gasteiger partial charge in [-0.25, -0.2) is 9.37 Å². The molecule has 0 atom stereocenters. The van der Waals surface area contributed by atoms with E-state index < -0.39 is 5.82 Å². The lowest BCUT2D eigenvalue weighted by Gasteiger charge is -2.06. The second kappa shape index (κ2) is 5.86. The normalized spacial score (nSPS) is 11.0. The van der Waals surface area contributed by atoms with Gasteiger partial charge in [0, 0.05) is 23.0 Å². The lowest BCUT2D eigenvalue weighted by molar-refractivity contribution is 0.386. The van der Waals surface area contributed by atoms with Crippen molar-refractivity contribution < 1.29 is 9.13 Å². The van der Waals surface area contributed by atoms with E-state index in [1.54, 1.807) is 24.4 Å². The quantitative estimate of drug-likeness (QED) is 0.602. The summed E-state index contributed by atoms with van der Waals surface area (Å²) in [7, 11) is 1.42. The molecule has 0 radical (unpaired) electrons. The van der Waals surface area contributed by atoms with Crippen LogP contribution in [0.2, 0.25) is 0 Å². The van der Waals surface area contributed by atoms with E-state index in [0.29, 0.717) is 22.3 Å². The summed E-state index contributed by atoms with van der Waals surface area (Å²) < 4.78 is 18.9. The fourth-order valence-corrected chi connectivity index (χ4v) is 2.69. The van der Waals surface area contributed by atoms with Crippen LogP contribution in [0.5, 0.6) is 5.75 Å². The first kappa shape index (κ1) is 15.1. The summed E-state index contributed by atoms with van der Waals surface area (Å²) in [6.45, 7) is 0. The number of pyridine rings is 1. The Labute approximate surface area is 141 Å². The van der Waals surface area contributed by atoms with Gasteiger partial charge >= 0.3 is 0 Å². The zero-order valence-electron chi connectivity index (χ0n) is 13.2. The van der Waals surface area contributed by atoms with Crippen LogP contribution in [-0.2, 0) is 0 Å². The molecule has 6 nitrogen and oxygen atoms in total. The number of H-pyrrole nitrogens is 2. The fraction of sp³-hybridized carbons (Fsp3) is 0.0556. The average Bonchev–Trinajstić information content (AvgIpc) is 3.07. The minimum absolute atomic E-state index is 0.181. The highest BCUT2D eigenvalue weighted by Gasteiger charge is 2.10. The molecule has 0 saturated heterocycles. The molecule has 0 aliphatic carbocycles. The Morgan fingerprint density at radius 1 is 1.08 bits per heavy atom. The first-order chi connectivity index (χ1) is 12.2. The summed E-state index contributed by atoms with van der Waals surface area (Å²) in [6.07, 6.45) is 2.99. The largest absolute Gasteiger partial charge is 0.494 e. The number of nitrogens with zero attached hydrogens (tertiary/aromatic N) is 2. The molecule has 0 aliphatic heterocycles. The maximum Gasteiger partial charge on any atom is 0.260 e. The Bertz CT molecular complexity index is 1130. The standard InChI is InChI=1S/C18H13FN4O2/c1-25-16-3-2-10(6-13(16)19)14-7-11(4-5-20-14)15-8-12-17(23-15)21-9-22-18(12)24/h2-9H,1H3,(H2,21,22,23,24). The maximum absolute atomic E-state index is 13.9. The van der Waals surface area contributed by atoms with Crippen LogP contribution in [0.3, 0.4) is 0 Å². The lowest BCUT2D eigenvalue weighted by atomic mass is 10.1. The molecule has 0 unspecified atom stereocenters. The molecule has 0 saturated carbocycles.